The van der Waals surface area contributed by atoms with E-state index in [1.165, 1.54) is 13.2 Å². The number of amides is 1. The standard InChI is InChI=1S/C16H20N2O4/c1-22-14(19)8-4-5-9-17-15(20)12-10-11-6-2-3-7-13(11)18-16(12)21/h4,8,10H,2-3,5-7,9H2,1H3,(H,17,20)(H,18,21)/b8-4+. The predicted octanol–water partition coefficient (Wildman–Crippen LogP) is 1.10. The van der Waals surface area contributed by atoms with Crippen molar-refractivity contribution in [2.45, 2.75) is 32.1 Å². The van der Waals surface area contributed by atoms with Gasteiger partial charge in [-0.1, -0.05) is 6.08 Å². The zero-order valence-electron chi connectivity index (χ0n) is 12.6. The summed E-state index contributed by atoms with van der Waals surface area (Å²) in [5.74, 6) is -0.821. The van der Waals surface area contributed by atoms with Crippen LogP contribution < -0.4 is 10.9 Å². The molecule has 0 atom stereocenters. The molecule has 0 aliphatic heterocycles. The molecule has 0 unspecified atom stereocenters. The van der Waals surface area contributed by atoms with E-state index in [9.17, 15) is 14.4 Å². The maximum Gasteiger partial charge on any atom is 0.330 e. The molecule has 0 spiro atoms. The van der Waals surface area contributed by atoms with Crippen molar-refractivity contribution < 1.29 is 14.3 Å². The summed E-state index contributed by atoms with van der Waals surface area (Å²) < 4.78 is 4.46. The van der Waals surface area contributed by atoms with E-state index in [4.69, 9.17) is 0 Å². The zero-order valence-corrected chi connectivity index (χ0v) is 12.6. The van der Waals surface area contributed by atoms with Gasteiger partial charge in [-0.25, -0.2) is 4.79 Å². The Balaban J connectivity index is 1.94. The van der Waals surface area contributed by atoms with E-state index >= 15 is 0 Å². The predicted molar refractivity (Wildman–Crippen MR) is 81.8 cm³/mol. The van der Waals surface area contributed by atoms with Gasteiger partial charge >= 0.3 is 5.97 Å². The van der Waals surface area contributed by atoms with Crippen LogP contribution in [0, 0.1) is 0 Å². The van der Waals surface area contributed by atoms with Gasteiger partial charge in [-0.15, -0.1) is 0 Å². The first-order chi connectivity index (χ1) is 10.6. The highest BCUT2D eigenvalue weighted by Gasteiger charge is 2.16. The van der Waals surface area contributed by atoms with E-state index in [0.29, 0.717) is 13.0 Å². The molecular weight excluding hydrogens is 284 g/mol. The van der Waals surface area contributed by atoms with E-state index in [1.54, 1.807) is 12.1 Å². The van der Waals surface area contributed by atoms with E-state index < -0.39 is 5.97 Å². The fourth-order valence-corrected chi connectivity index (χ4v) is 2.46. The van der Waals surface area contributed by atoms with Gasteiger partial charge in [0.1, 0.15) is 5.56 Å². The second-order valence-electron chi connectivity index (χ2n) is 5.19. The van der Waals surface area contributed by atoms with Gasteiger partial charge < -0.3 is 15.0 Å². The molecule has 0 fully saturated rings. The molecule has 1 aliphatic rings. The number of nitrogens with one attached hydrogen (secondary N) is 2. The Bertz CT molecular complexity index is 646. The number of H-pyrrole nitrogens is 1. The number of carbonyl (C=O) groups is 2. The smallest absolute Gasteiger partial charge is 0.330 e. The Morgan fingerprint density at radius 2 is 2.14 bits per heavy atom. The first kappa shape index (κ1) is 16.0. The van der Waals surface area contributed by atoms with Crippen molar-refractivity contribution in [3.63, 3.8) is 0 Å². The fraction of sp³-hybridized carbons (Fsp3) is 0.438. The molecule has 1 aliphatic carbocycles. The van der Waals surface area contributed by atoms with Crippen LogP contribution in [0.2, 0.25) is 0 Å². The fourth-order valence-electron chi connectivity index (χ4n) is 2.46. The minimum absolute atomic E-state index is 0.151. The van der Waals surface area contributed by atoms with Crippen molar-refractivity contribution in [1.29, 1.82) is 0 Å². The zero-order chi connectivity index (χ0) is 15.9. The van der Waals surface area contributed by atoms with Gasteiger partial charge in [0.05, 0.1) is 7.11 Å². The summed E-state index contributed by atoms with van der Waals surface area (Å²) in [5, 5.41) is 2.68. The van der Waals surface area contributed by atoms with Crippen LogP contribution in [0.5, 0.6) is 0 Å². The number of methoxy groups -OCH3 is 1. The first-order valence-corrected chi connectivity index (χ1v) is 7.39. The molecule has 6 nitrogen and oxygen atoms in total. The van der Waals surface area contributed by atoms with Crippen molar-refractivity contribution in [2.24, 2.45) is 0 Å². The number of fused-ring (bicyclic) bond motifs is 1. The Hall–Kier alpha value is -2.37. The molecule has 0 saturated carbocycles. The van der Waals surface area contributed by atoms with E-state index in [1.807, 2.05) is 0 Å². The molecule has 0 radical (unpaired) electrons. The number of pyridine rings is 1. The van der Waals surface area contributed by atoms with Crippen molar-refractivity contribution in [3.8, 4) is 0 Å². The average Bonchev–Trinajstić information content (AvgIpc) is 2.53. The molecular formula is C16H20N2O4. The third kappa shape index (κ3) is 4.07. The SMILES string of the molecule is COC(=O)/C=C/CCNC(=O)c1cc2c([nH]c1=O)CCCC2. The first-order valence-electron chi connectivity index (χ1n) is 7.39. The van der Waals surface area contributed by atoms with Crippen molar-refractivity contribution >= 4 is 11.9 Å². The van der Waals surface area contributed by atoms with Gasteiger partial charge in [-0.05, 0) is 43.7 Å². The van der Waals surface area contributed by atoms with Crippen LogP contribution in [-0.4, -0.2) is 30.5 Å². The Kier molecular flexibility index (Phi) is 5.52. The van der Waals surface area contributed by atoms with Gasteiger partial charge in [0, 0.05) is 18.3 Å². The molecule has 118 valence electrons. The summed E-state index contributed by atoms with van der Waals surface area (Å²) in [5.41, 5.74) is 1.82. The summed E-state index contributed by atoms with van der Waals surface area (Å²) in [7, 11) is 1.30. The number of aromatic amines is 1. The van der Waals surface area contributed by atoms with Crippen LogP contribution in [0.3, 0.4) is 0 Å². The number of esters is 1. The van der Waals surface area contributed by atoms with Crippen molar-refractivity contribution in [2.75, 3.05) is 13.7 Å². The largest absolute Gasteiger partial charge is 0.466 e. The van der Waals surface area contributed by atoms with Crippen LogP contribution in [-0.2, 0) is 22.4 Å². The molecule has 0 bridgehead atoms. The van der Waals surface area contributed by atoms with Crippen LogP contribution >= 0.6 is 0 Å². The molecule has 22 heavy (non-hydrogen) atoms. The Morgan fingerprint density at radius 1 is 1.36 bits per heavy atom. The molecule has 6 heteroatoms. The molecule has 2 N–H and O–H groups in total. The number of rotatable bonds is 5. The lowest BCUT2D eigenvalue weighted by atomic mass is 9.95. The summed E-state index contributed by atoms with van der Waals surface area (Å²) in [6, 6.07) is 1.70. The van der Waals surface area contributed by atoms with Crippen LogP contribution in [0.1, 0.15) is 40.9 Å². The maximum atomic E-state index is 12.1. The second-order valence-corrected chi connectivity index (χ2v) is 5.19. The molecule has 1 amide bonds. The molecule has 0 saturated heterocycles. The molecule has 1 heterocycles. The Labute approximate surface area is 128 Å². The highest BCUT2D eigenvalue weighted by atomic mass is 16.5. The Morgan fingerprint density at radius 3 is 2.91 bits per heavy atom. The van der Waals surface area contributed by atoms with Gasteiger partial charge in [0.25, 0.3) is 11.5 Å². The average molecular weight is 304 g/mol. The van der Waals surface area contributed by atoms with Gasteiger partial charge in [-0.3, -0.25) is 9.59 Å². The molecule has 1 aromatic rings. The van der Waals surface area contributed by atoms with E-state index in [2.05, 4.69) is 15.0 Å². The summed E-state index contributed by atoms with van der Waals surface area (Å²) in [6.07, 6.45) is 7.32. The molecule has 1 aromatic heterocycles. The lowest BCUT2D eigenvalue weighted by Crippen LogP contribution is -2.31. The van der Waals surface area contributed by atoms with E-state index in [0.717, 1.165) is 36.9 Å². The van der Waals surface area contributed by atoms with Crippen molar-refractivity contribution in [3.05, 3.63) is 45.4 Å². The van der Waals surface area contributed by atoms with Crippen LogP contribution in [0.15, 0.2) is 23.0 Å². The number of aromatic nitrogens is 1. The quantitative estimate of drug-likeness (QED) is 0.484. The highest BCUT2D eigenvalue weighted by molar-refractivity contribution is 5.94. The minimum atomic E-state index is -0.433. The second kappa shape index (κ2) is 7.59. The normalized spacial score (nSPS) is 13.7. The lowest BCUT2D eigenvalue weighted by molar-refractivity contribution is -0.134. The highest BCUT2D eigenvalue weighted by Crippen LogP contribution is 2.18. The summed E-state index contributed by atoms with van der Waals surface area (Å²) >= 11 is 0. The monoisotopic (exact) mass is 304 g/mol. The van der Waals surface area contributed by atoms with Crippen molar-refractivity contribution in [1.82, 2.24) is 10.3 Å². The number of hydrogen-bond donors (Lipinski definition) is 2. The minimum Gasteiger partial charge on any atom is -0.466 e. The van der Waals surface area contributed by atoms with Crippen LogP contribution in [0.4, 0.5) is 0 Å². The molecule has 0 aromatic carbocycles. The van der Waals surface area contributed by atoms with E-state index in [-0.39, 0.29) is 17.0 Å². The topological polar surface area (TPSA) is 88.3 Å². The third-order valence-corrected chi connectivity index (χ3v) is 3.63. The number of aryl methyl sites for hydroxylation is 2. The van der Waals surface area contributed by atoms with Gasteiger partial charge in [-0.2, -0.15) is 0 Å². The lowest BCUT2D eigenvalue weighted by Gasteiger charge is -2.15. The van der Waals surface area contributed by atoms with Gasteiger partial charge in [0.2, 0.25) is 0 Å². The molecule has 2 rings (SSSR count). The van der Waals surface area contributed by atoms with Crippen LogP contribution in [0.25, 0.3) is 0 Å². The third-order valence-electron chi connectivity index (χ3n) is 3.63. The van der Waals surface area contributed by atoms with Gasteiger partial charge in [0.15, 0.2) is 0 Å². The number of ether oxygens (including phenoxy) is 1. The summed E-state index contributed by atoms with van der Waals surface area (Å²) in [4.78, 5) is 37.7. The maximum absolute atomic E-state index is 12.1. The number of carbonyl (C=O) groups excluding carboxylic acids is 2. The summed E-state index contributed by atoms with van der Waals surface area (Å²) in [6.45, 7) is 0.350. The number of hydrogen-bond acceptors (Lipinski definition) is 4.